The van der Waals surface area contributed by atoms with Gasteiger partial charge in [-0.25, -0.2) is 15.0 Å². The second kappa shape index (κ2) is 6.17. The van der Waals surface area contributed by atoms with E-state index in [2.05, 4.69) is 30.7 Å². The summed E-state index contributed by atoms with van der Waals surface area (Å²) in [5, 5.41) is 11.7. The number of anilines is 2. The third-order valence-electron chi connectivity index (χ3n) is 3.15. The highest BCUT2D eigenvalue weighted by Gasteiger charge is 2.06. The summed E-state index contributed by atoms with van der Waals surface area (Å²) in [6.45, 7) is 1.67. The third-order valence-corrected chi connectivity index (χ3v) is 3.15. The molecule has 0 fully saturated rings. The first-order chi connectivity index (χ1) is 10.3. The highest BCUT2D eigenvalue weighted by atomic mass is 15.3. The van der Waals surface area contributed by atoms with E-state index in [0.29, 0.717) is 0 Å². The number of hydrogen-bond donors (Lipinski definition) is 2. The average Bonchev–Trinajstić information content (AvgIpc) is 2.90. The summed E-state index contributed by atoms with van der Waals surface area (Å²) in [6.07, 6.45) is 6.07. The predicted octanol–water partition coefficient (Wildman–Crippen LogP) is 1.67. The number of rotatable bonds is 6. The lowest BCUT2D eigenvalue weighted by Crippen LogP contribution is -2.10. The van der Waals surface area contributed by atoms with Gasteiger partial charge in [0.05, 0.1) is 11.6 Å². The summed E-state index contributed by atoms with van der Waals surface area (Å²) in [5.74, 6) is 1.72. The van der Waals surface area contributed by atoms with Crippen molar-refractivity contribution >= 4 is 22.7 Å². The van der Waals surface area contributed by atoms with Gasteiger partial charge in [0.1, 0.15) is 18.0 Å². The smallest absolute Gasteiger partial charge is 0.163 e. The first kappa shape index (κ1) is 13.3. The summed E-state index contributed by atoms with van der Waals surface area (Å²) in [4.78, 5) is 12.7. The standard InChI is InChI=1S/C14H17N7/c1-21-14-11(9-20-21)13(18-10-19-14)17-8-4-7-16-12-5-2-3-6-15-12/h2-3,5-6,9-10H,4,7-8H2,1H3,(H,15,16)(H,17,18,19). The molecule has 0 atom stereocenters. The van der Waals surface area contributed by atoms with Crippen LogP contribution in [0.15, 0.2) is 36.9 Å². The Balaban J connectivity index is 1.51. The number of hydrogen-bond acceptors (Lipinski definition) is 6. The Morgan fingerprint density at radius 2 is 2.00 bits per heavy atom. The van der Waals surface area contributed by atoms with Crippen LogP contribution in [0.4, 0.5) is 11.6 Å². The maximum absolute atomic E-state index is 4.27. The summed E-state index contributed by atoms with van der Waals surface area (Å²) in [7, 11) is 1.87. The van der Waals surface area contributed by atoms with Gasteiger partial charge < -0.3 is 10.6 Å². The monoisotopic (exact) mass is 283 g/mol. The van der Waals surface area contributed by atoms with Crippen LogP contribution in [-0.2, 0) is 7.05 Å². The zero-order valence-electron chi connectivity index (χ0n) is 11.8. The second-order valence-corrected chi connectivity index (χ2v) is 4.65. The molecule has 0 saturated carbocycles. The van der Waals surface area contributed by atoms with Crippen molar-refractivity contribution < 1.29 is 0 Å². The molecular formula is C14H17N7. The minimum absolute atomic E-state index is 0.820. The van der Waals surface area contributed by atoms with E-state index >= 15 is 0 Å². The number of pyridine rings is 1. The van der Waals surface area contributed by atoms with Crippen molar-refractivity contribution in [2.75, 3.05) is 23.7 Å². The normalized spacial score (nSPS) is 10.7. The molecule has 0 spiro atoms. The van der Waals surface area contributed by atoms with Crippen molar-refractivity contribution in [2.24, 2.45) is 7.05 Å². The predicted molar refractivity (Wildman–Crippen MR) is 82.1 cm³/mol. The van der Waals surface area contributed by atoms with Crippen LogP contribution in [0.1, 0.15) is 6.42 Å². The molecule has 3 rings (SSSR count). The average molecular weight is 283 g/mol. The van der Waals surface area contributed by atoms with E-state index in [0.717, 1.165) is 42.2 Å². The molecule has 0 bridgehead atoms. The summed E-state index contributed by atoms with van der Waals surface area (Å²) in [5.41, 5.74) is 0.833. The molecule has 0 saturated heterocycles. The molecule has 0 unspecified atom stereocenters. The minimum Gasteiger partial charge on any atom is -0.370 e. The van der Waals surface area contributed by atoms with Gasteiger partial charge in [-0.05, 0) is 18.6 Å². The van der Waals surface area contributed by atoms with Crippen LogP contribution in [0.25, 0.3) is 11.0 Å². The molecule has 108 valence electrons. The molecule has 7 nitrogen and oxygen atoms in total. The van der Waals surface area contributed by atoms with E-state index in [9.17, 15) is 0 Å². The topological polar surface area (TPSA) is 80.5 Å². The van der Waals surface area contributed by atoms with Gasteiger partial charge in [0.2, 0.25) is 0 Å². The number of aromatic nitrogens is 5. The fraction of sp³-hybridized carbons (Fsp3) is 0.286. The molecular weight excluding hydrogens is 266 g/mol. The molecule has 3 heterocycles. The SMILES string of the molecule is Cn1ncc2c(NCCCNc3ccccn3)ncnc21. The molecule has 0 aromatic carbocycles. The van der Waals surface area contributed by atoms with Crippen molar-refractivity contribution in [3.8, 4) is 0 Å². The van der Waals surface area contributed by atoms with Gasteiger partial charge >= 0.3 is 0 Å². The van der Waals surface area contributed by atoms with Gasteiger partial charge in [0, 0.05) is 26.3 Å². The summed E-state index contributed by atoms with van der Waals surface area (Å²) in [6, 6.07) is 5.83. The fourth-order valence-corrected chi connectivity index (χ4v) is 2.08. The highest BCUT2D eigenvalue weighted by Crippen LogP contribution is 2.17. The number of fused-ring (bicyclic) bond motifs is 1. The first-order valence-corrected chi connectivity index (χ1v) is 6.86. The van der Waals surface area contributed by atoms with Gasteiger partial charge in [-0.3, -0.25) is 4.68 Å². The van der Waals surface area contributed by atoms with Gasteiger partial charge in [-0.2, -0.15) is 5.10 Å². The van der Waals surface area contributed by atoms with Crippen molar-refractivity contribution in [2.45, 2.75) is 6.42 Å². The lowest BCUT2D eigenvalue weighted by Gasteiger charge is -2.07. The third kappa shape index (κ3) is 3.07. The van der Waals surface area contributed by atoms with E-state index < -0.39 is 0 Å². The molecule has 0 aliphatic heterocycles. The van der Waals surface area contributed by atoms with Crippen molar-refractivity contribution in [3.63, 3.8) is 0 Å². The molecule has 2 N–H and O–H groups in total. The van der Waals surface area contributed by atoms with Crippen molar-refractivity contribution in [3.05, 3.63) is 36.9 Å². The molecule has 0 aliphatic rings. The van der Waals surface area contributed by atoms with Crippen LogP contribution in [-0.4, -0.2) is 37.8 Å². The summed E-state index contributed by atoms with van der Waals surface area (Å²) >= 11 is 0. The number of nitrogens with one attached hydrogen (secondary N) is 2. The Labute approximate surface area is 122 Å². The van der Waals surface area contributed by atoms with Crippen molar-refractivity contribution in [1.29, 1.82) is 0 Å². The number of nitrogens with zero attached hydrogens (tertiary/aromatic N) is 5. The van der Waals surface area contributed by atoms with Crippen LogP contribution in [0, 0.1) is 0 Å². The van der Waals surface area contributed by atoms with E-state index in [1.165, 1.54) is 0 Å². The van der Waals surface area contributed by atoms with Crippen LogP contribution in [0.2, 0.25) is 0 Å². The Bertz CT molecular complexity index is 708. The largest absolute Gasteiger partial charge is 0.370 e. The van der Waals surface area contributed by atoms with E-state index in [1.807, 2.05) is 25.2 Å². The fourth-order valence-electron chi connectivity index (χ4n) is 2.08. The minimum atomic E-state index is 0.820. The molecule has 3 aromatic heterocycles. The Morgan fingerprint density at radius 3 is 2.86 bits per heavy atom. The Hall–Kier alpha value is -2.70. The van der Waals surface area contributed by atoms with E-state index in [4.69, 9.17) is 0 Å². The molecule has 0 radical (unpaired) electrons. The van der Waals surface area contributed by atoms with Crippen LogP contribution in [0.5, 0.6) is 0 Å². The zero-order chi connectivity index (χ0) is 14.5. The quantitative estimate of drug-likeness (QED) is 0.670. The van der Waals surface area contributed by atoms with Crippen LogP contribution in [0.3, 0.4) is 0 Å². The zero-order valence-corrected chi connectivity index (χ0v) is 11.8. The maximum Gasteiger partial charge on any atom is 0.163 e. The molecule has 7 heteroatoms. The molecule has 3 aromatic rings. The van der Waals surface area contributed by atoms with Gasteiger partial charge in [-0.1, -0.05) is 6.07 Å². The Kier molecular flexibility index (Phi) is 3.90. The van der Waals surface area contributed by atoms with Gasteiger partial charge in [0.25, 0.3) is 0 Å². The maximum atomic E-state index is 4.27. The molecule has 0 amide bonds. The van der Waals surface area contributed by atoms with Gasteiger partial charge in [0.15, 0.2) is 5.65 Å². The van der Waals surface area contributed by atoms with E-state index in [1.54, 1.807) is 23.4 Å². The molecule has 0 aliphatic carbocycles. The lowest BCUT2D eigenvalue weighted by atomic mass is 10.3. The van der Waals surface area contributed by atoms with Crippen LogP contribution >= 0.6 is 0 Å². The Morgan fingerprint density at radius 1 is 1.10 bits per heavy atom. The number of aryl methyl sites for hydroxylation is 1. The van der Waals surface area contributed by atoms with Crippen molar-refractivity contribution in [1.82, 2.24) is 24.7 Å². The lowest BCUT2D eigenvalue weighted by molar-refractivity contribution is 0.785. The molecule has 21 heavy (non-hydrogen) atoms. The summed E-state index contributed by atoms with van der Waals surface area (Å²) < 4.78 is 1.74. The van der Waals surface area contributed by atoms with Crippen LogP contribution < -0.4 is 10.6 Å². The highest BCUT2D eigenvalue weighted by molar-refractivity contribution is 5.85. The van der Waals surface area contributed by atoms with E-state index in [-0.39, 0.29) is 0 Å². The second-order valence-electron chi connectivity index (χ2n) is 4.65. The van der Waals surface area contributed by atoms with Gasteiger partial charge in [-0.15, -0.1) is 0 Å². The first-order valence-electron chi connectivity index (χ1n) is 6.86.